The van der Waals surface area contributed by atoms with Gasteiger partial charge in [-0.15, -0.1) is 0 Å². The van der Waals surface area contributed by atoms with Gasteiger partial charge in [0.05, 0.1) is 11.7 Å². The maximum atomic E-state index is 11.3. The molecule has 9 nitrogen and oxygen atoms in total. The number of rotatable bonds is 4. The number of ether oxygens (including phenoxy) is 1. The zero-order valence-corrected chi connectivity index (χ0v) is 15.6. The molecule has 2 heterocycles. The van der Waals surface area contributed by atoms with Gasteiger partial charge < -0.3 is 25.6 Å². The lowest BCUT2D eigenvalue weighted by atomic mass is 9.79. The molecule has 0 fully saturated rings. The number of carboxylic acid groups (broad SMARTS) is 1. The molecular weight excluding hydrogens is 395 g/mol. The molecule has 0 unspecified atom stereocenters. The number of fused-ring (bicyclic) bond motifs is 1. The van der Waals surface area contributed by atoms with Crippen LogP contribution in [-0.2, 0) is 0 Å². The summed E-state index contributed by atoms with van der Waals surface area (Å²) >= 11 is 1.31. The van der Waals surface area contributed by atoms with Gasteiger partial charge in [0.2, 0.25) is 11.3 Å². The first kappa shape index (κ1) is 18.8. The van der Waals surface area contributed by atoms with Crippen LogP contribution >= 0.6 is 11.3 Å². The summed E-state index contributed by atoms with van der Waals surface area (Å²) in [6.45, 7) is 0. The number of carbonyl (C=O) groups is 1. The zero-order chi connectivity index (χ0) is 20.5. The van der Waals surface area contributed by atoms with Crippen LogP contribution in [0.3, 0.4) is 0 Å². The Bertz CT molecular complexity index is 1220. The van der Waals surface area contributed by atoms with Crippen LogP contribution in [0.25, 0.3) is 22.0 Å². The molecule has 4 aromatic rings. The van der Waals surface area contributed by atoms with Crippen molar-refractivity contribution < 1.29 is 29.4 Å². The number of hydrogen-bond donors (Lipinski definition) is 4. The van der Waals surface area contributed by atoms with Crippen LogP contribution in [0.2, 0.25) is 0 Å². The number of hydrogen-bond acceptors (Lipinski definition) is 8. The predicted molar refractivity (Wildman–Crippen MR) is 107 cm³/mol. The molecule has 0 saturated carbocycles. The fourth-order valence-corrected chi connectivity index (χ4v) is 3.34. The van der Waals surface area contributed by atoms with Crippen molar-refractivity contribution in [3.05, 3.63) is 54.3 Å². The average molecular weight is 409 g/mol. The lowest BCUT2D eigenvalue weighted by molar-refractivity contribution is -0.643. The molecule has 11 heteroatoms. The first-order valence-electron chi connectivity index (χ1n) is 8.34. The summed E-state index contributed by atoms with van der Waals surface area (Å²) in [6.07, 6.45) is 1.54. The maximum Gasteiger partial charge on any atom is 0.626 e. The number of anilines is 1. The minimum atomic E-state index is -1.66. The molecule has 0 amide bonds. The summed E-state index contributed by atoms with van der Waals surface area (Å²) in [4.78, 5) is 15.2. The molecular formula is C18H14BN4O5S+. The Morgan fingerprint density at radius 2 is 2.03 bits per heavy atom. The highest BCUT2D eigenvalue weighted by atomic mass is 32.1. The summed E-state index contributed by atoms with van der Waals surface area (Å²) in [5, 5.41) is 33.6. The highest BCUT2D eigenvalue weighted by Crippen LogP contribution is 2.35. The molecule has 4 rings (SSSR count). The third-order valence-electron chi connectivity index (χ3n) is 4.21. The van der Waals surface area contributed by atoms with Crippen LogP contribution in [-0.4, -0.2) is 38.4 Å². The summed E-state index contributed by atoms with van der Waals surface area (Å²) < 4.78 is 6.62. The lowest BCUT2D eigenvalue weighted by Gasteiger charge is -2.12. The van der Waals surface area contributed by atoms with Crippen molar-refractivity contribution in [2.45, 2.75) is 0 Å². The molecule has 2 aromatic carbocycles. The van der Waals surface area contributed by atoms with Crippen molar-refractivity contribution in [3.63, 3.8) is 0 Å². The Morgan fingerprint density at radius 1 is 1.21 bits per heavy atom. The molecule has 0 atom stereocenters. The van der Waals surface area contributed by atoms with Crippen molar-refractivity contribution in [2.75, 3.05) is 5.73 Å². The maximum absolute atomic E-state index is 11.3. The molecule has 0 saturated heterocycles. The smallest absolute Gasteiger partial charge is 0.444 e. The van der Waals surface area contributed by atoms with E-state index in [1.807, 2.05) is 0 Å². The molecule has 0 bridgehead atoms. The normalized spacial score (nSPS) is 10.8. The van der Waals surface area contributed by atoms with E-state index in [1.54, 1.807) is 48.1 Å². The van der Waals surface area contributed by atoms with Gasteiger partial charge in [0.1, 0.15) is 17.0 Å². The number of thiazole rings is 1. The molecule has 29 heavy (non-hydrogen) atoms. The number of aromatic nitrogens is 3. The minimum Gasteiger partial charge on any atom is -0.444 e. The number of nitrogens with two attached hydrogens (primary N) is 1. The monoisotopic (exact) mass is 409 g/mol. The summed E-state index contributed by atoms with van der Waals surface area (Å²) in [5.74, 6) is 0.466. The Balaban J connectivity index is 1.88. The Hall–Kier alpha value is -3.54. The van der Waals surface area contributed by atoms with E-state index in [2.05, 4.69) is 10.1 Å². The van der Waals surface area contributed by atoms with Crippen LogP contribution in [0.4, 0.5) is 10.5 Å². The van der Waals surface area contributed by atoms with E-state index in [-0.39, 0.29) is 11.2 Å². The molecule has 0 spiro atoms. The van der Waals surface area contributed by atoms with Gasteiger partial charge >= 0.3 is 13.2 Å². The van der Waals surface area contributed by atoms with Crippen molar-refractivity contribution in [1.82, 2.24) is 10.1 Å². The first-order chi connectivity index (χ1) is 13.9. The van der Waals surface area contributed by atoms with Gasteiger partial charge in [-0.25, -0.2) is 4.98 Å². The van der Waals surface area contributed by atoms with Crippen molar-refractivity contribution >= 4 is 46.6 Å². The Labute approximate surface area is 168 Å². The third kappa shape index (κ3) is 3.74. The molecule has 0 aliphatic rings. The SMILES string of the molecule is Nc1c[n+](C(=O)O)nc2cc(-c3cc(B(O)O)ccc3Oc3cncs3)ccc12. The van der Waals surface area contributed by atoms with E-state index in [4.69, 9.17) is 10.5 Å². The topological polar surface area (TPSA) is 143 Å². The first-order valence-corrected chi connectivity index (χ1v) is 9.22. The van der Waals surface area contributed by atoms with Gasteiger partial charge in [-0.05, 0) is 29.2 Å². The van der Waals surface area contributed by atoms with Crippen LogP contribution in [0, 0.1) is 0 Å². The van der Waals surface area contributed by atoms with Gasteiger partial charge in [-0.1, -0.05) is 29.5 Å². The Morgan fingerprint density at radius 3 is 2.72 bits per heavy atom. The fourth-order valence-electron chi connectivity index (χ4n) is 2.86. The zero-order valence-electron chi connectivity index (χ0n) is 14.8. The molecule has 5 N–H and O–H groups in total. The van der Waals surface area contributed by atoms with Crippen molar-refractivity contribution in [2.24, 2.45) is 0 Å². The quantitative estimate of drug-likeness (QED) is 0.291. The molecule has 144 valence electrons. The van der Waals surface area contributed by atoms with Gasteiger partial charge in [0.25, 0.3) is 0 Å². The van der Waals surface area contributed by atoms with Gasteiger partial charge in [-0.3, -0.25) is 0 Å². The van der Waals surface area contributed by atoms with Crippen molar-refractivity contribution in [1.29, 1.82) is 0 Å². The van der Waals surface area contributed by atoms with E-state index in [1.165, 1.54) is 17.5 Å². The molecule has 0 aliphatic carbocycles. The number of nitrogen functional groups attached to an aromatic ring is 1. The van der Waals surface area contributed by atoms with Crippen LogP contribution in [0.15, 0.2) is 54.3 Å². The van der Waals surface area contributed by atoms with Gasteiger partial charge in [0.15, 0.2) is 0 Å². The molecule has 0 aliphatic heterocycles. The predicted octanol–water partition coefficient (Wildman–Crippen LogP) is 1.23. The number of nitrogens with zero attached hydrogens (tertiary/aromatic N) is 3. The highest BCUT2D eigenvalue weighted by Gasteiger charge is 2.20. The summed E-state index contributed by atoms with van der Waals surface area (Å²) in [5.41, 5.74) is 9.69. The summed E-state index contributed by atoms with van der Waals surface area (Å²) in [7, 11) is -1.66. The second-order valence-corrected chi connectivity index (χ2v) is 6.94. The van der Waals surface area contributed by atoms with Crippen LogP contribution in [0.5, 0.6) is 10.8 Å². The van der Waals surface area contributed by atoms with Crippen molar-refractivity contribution in [3.8, 4) is 21.9 Å². The number of benzene rings is 2. The van der Waals surface area contributed by atoms with Gasteiger partial charge in [-0.2, -0.15) is 4.79 Å². The molecule has 2 aromatic heterocycles. The Kier molecular flexibility index (Phi) is 4.85. The van der Waals surface area contributed by atoms with E-state index in [0.717, 1.165) is 4.68 Å². The largest absolute Gasteiger partial charge is 0.626 e. The third-order valence-corrected chi connectivity index (χ3v) is 4.86. The molecule has 0 radical (unpaired) electrons. The highest BCUT2D eigenvalue weighted by molar-refractivity contribution is 7.11. The second-order valence-electron chi connectivity index (χ2n) is 6.10. The van der Waals surface area contributed by atoms with Gasteiger partial charge in [0, 0.05) is 20.7 Å². The van der Waals surface area contributed by atoms with E-state index in [0.29, 0.717) is 32.8 Å². The van der Waals surface area contributed by atoms with E-state index in [9.17, 15) is 19.9 Å². The van der Waals surface area contributed by atoms with Crippen LogP contribution < -0.4 is 20.6 Å². The summed E-state index contributed by atoms with van der Waals surface area (Å²) in [6, 6.07) is 9.90. The standard InChI is InChI=1S/C18H13BN4O5S/c20-14-8-23(18(24)25)22-15-5-10(1-3-12(14)15)13-6-11(19(26)27)2-4-16(13)28-17-7-21-9-29-17/h1-9,26-27H,(H2-,20,22,24,25)/p+1. The average Bonchev–Trinajstić information content (AvgIpc) is 3.20. The van der Waals surface area contributed by atoms with E-state index >= 15 is 0 Å². The lowest BCUT2D eigenvalue weighted by Crippen LogP contribution is -2.45. The second kappa shape index (κ2) is 7.47. The minimum absolute atomic E-state index is 0.268. The fraction of sp³-hybridized carbons (Fsp3) is 0. The van der Waals surface area contributed by atoms with Crippen LogP contribution in [0.1, 0.15) is 0 Å². The van der Waals surface area contributed by atoms with E-state index < -0.39 is 13.2 Å².